The Morgan fingerprint density at radius 1 is 0.395 bits per heavy atom. The van der Waals surface area contributed by atoms with Gasteiger partial charge in [-0.1, -0.05) is 297 Å². The van der Waals surface area contributed by atoms with Crippen molar-refractivity contribution in [2.24, 2.45) is 0 Å². The first-order valence-corrected chi connectivity index (χ1v) is 34.9. The van der Waals surface area contributed by atoms with Crippen LogP contribution in [0.4, 0.5) is 0 Å². The van der Waals surface area contributed by atoms with Crippen molar-refractivity contribution in [3.05, 3.63) is 97.2 Å². The molecule has 0 aromatic carbocycles. The molecule has 0 bridgehead atoms. The Morgan fingerprint density at radius 3 is 1.05 bits per heavy atom. The van der Waals surface area contributed by atoms with E-state index >= 15 is 0 Å². The molecule has 0 rings (SSSR count). The van der Waals surface area contributed by atoms with Gasteiger partial charge in [-0.05, 0) is 77.0 Å². The van der Waals surface area contributed by atoms with Crippen LogP contribution in [-0.2, 0) is 32.7 Å². The predicted octanol–water partition coefficient (Wildman–Crippen LogP) is 20.9. The largest absolute Gasteiger partial charge is 0.756 e. The number of phosphoric ester groups is 1. The number of carbonyl (C=O) groups excluding carboxylic acids is 2. The molecule has 0 saturated carbocycles. The summed E-state index contributed by atoms with van der Waals surface area (Å²) in [7, 11) is 1.16. The molecule has 2 atom stereocenters. The van der Waals surface area contributed by atoms with Gasteiger partial charge in [-0.15, -0.1) is 0 Å². The third kappa shape index (κ3) is 65.9. The lowest BCUT2D eigenvalue weighted by Gasteiger charge is -2.28. The monoisotopic (exact) mass is 1150 g/mol. The summed E-state index contributed by atoms with van der Waals surface area (Å²) in [6.45, 7) is 4.15. The fourth-order valence-electron chi connectivity index (χ4n) is 9.26. The van der Waals surface area contributed by atoms with E-state index in [2.05, 4.69) is 111 Å². The second kappa shape index (κ2) is 61.5. The van der Waals surface area contributed by atoms with Crippen molar-refractivity contribution in [3.8, 4) is 0 Å². The quantitative estimate of drug-likeness (QED) is 0.0195. The highest BCUT2D eigenvalue weighted by Gasteiger charge is 2.22. The molecule has 0 aromatic rings. The van der Waals surface area contributed by atoms with Gasteiger partial charge in [0.2, 0.25) is 0 Å². The van der Waals surface area contributed by atoms with E-state index in [1.54, 1.807) is 0 Å². The summed E-state index contributed by atoms with van der Waals surface area (Å²) in [4.78, 5) is 38.0. The summed E-state index contributed by atoms with van der Waals surface area (Å²) in [6, 6.07) is 0. The SMILES string of the molecule is CC/C=C\C/C=C\C/C=C\C/C=C\C/C=C\C/C=C\C/C=C\C/C=C\CCCCCCCCCCC(=O)OC(COC(=O)CCCCCCCCCCCCCCCCCCCCCCCCCC)COP(=O)([O-])OCC[N+](C)(C)C. The van der Waals surface area contributed by atoms with E-state index in [0.717, 1.165) is 96.3 Å². The standard InChI is InChI=1S/C71H126NO8P/c1-6-8-10-12-14-16-18-20-22-24-26-28-30-32-33-34-35-36-37-38-39-40-42-44-46-48-50-52-54-56-58-60-62-64-71(74)80-69(68-79-81(75,76)78-66-65-72(3,4)5)67-77-70(73)63-61-59-57-55-53-51-49-47-45-43-41-31-29-27-25-23-21-19-17-15-13-11-9-7-2/h8,10,14,16,20,22,26,28,32-33,35-36,38-39,42,44,69H,6-7,9,11-13,15,17-19,21,23-25,27,29-31,34,37,40-41,43,45-68H2,1-5H3/b10-8-,16-14-,22-20-,28-26-,33-32-,36-35-,39-38-,44-42-. The summed E-state index contributed by atoms with van der Waals surface area (Å²) < 4.78 is 34.3. The van der Waals surface area contributed by atoms with Crippen molar-refractivity contribution in [1.29, 1.82) is 0 Å². The molecule has 9 nitrogen and oxygen atoms in total. The first kappa shape index (κ1) is 77.9. The predicted molar refractivity (Wildman–Crippen MR) is 346 cm³/mol. The zero-order chi connectivity index (χ0) is 59.1. The number of hydrogen-bond donors (Lipinski definition) is 0. The Balaban J connectivity index is 4.12. The normalized spacial score (nSPS) is 13.8. The Morgan fingerprint density at radius 2 is 0.704 bits per heavy atom. The zero-order valence-corrected chi connectivity index (χ0v) is 54.1. The second-order valence-electron chi connectivity index (χ2n) is 23.5. The maximum absolute atomic E-state index is 12.8. The van der Waals surface area contributed by atoms with E-state index in [1.807, 2.05) is 21.1 Å². The first-order valence-electron chi connectivity index (χ1n) is 33.4. The third-order valence-corrected chi connectivity index (χ3v) is 15.3. The summed E-state index contributed by atoms with van der Waals surface area (Å²) in [5, 5.41) is 0. The number of ether oxygens (including phenoxy) is 2. The molecule has 0 aromatic heterocycles. The number of unbranched alkanes of at least 4 members (excludes halogenated alkanes) is 31. The molecule has 0 heterocycles. The smallest absolute Gasteiger partial charge is 0.306 e. The van der Waals surface area contributed by atoms with Crippen LogP contribution in [0.2, 0.25) is 0 Å². The first-order chi connectivity index (χ1) is 39.5. The van der Waals surface area contributed by atoms with Crippen LogP contribution in [-0.4, -0.2) is 70.0 Å². The summed E-state index contributed by atoms with van der Waals surface area (Å²) in [5.41, 5.74) is 0. The molecule has 0 N–H and O–H groups in total. The van der Waals surface area contributed by atoms with Crippen molar-refractivity contribution in [2.75, 3.05) is 47.5 Å². The number of hydrogen-bond acceptors (Lipinski definition) is 8. The molecule has 0 radical (unpaired) electrons. The van der Waals surface area contributed by atoms with Gasteiger partial charge in [0.25, 0.3) is 7.82 Å². The summed E-state index contributed by atoms with van der Waals surface area (Å²) >= 11 is 0. The van der Waals surface area contributed by atoms with Crippen molar-refractivity contribution < 1.29 is 42.1 Å². The van der Waals surface area contributed by atoms with Gasteiger partial charge in [-0.2, -0.15) is 0 Å². The maximum Gasteiger partial charge on any atom is 0.306 e. The molecule has 0 aliphatic rings. The van der Waals surface area contributed by atoms with E-state index in [9.17, 15) is 19.0 Å². The van der Waals surface area contributed by atoms with Gasteiger partial charge in [0, 0.05) is 12.8 Å². The highest BCUT2D eigenvalue weighted by atomic mass is 31.2. The average molecular weight is 1150 g/mol. The number of carbonyl (C=O) groups is 2. The molecular formula is C71H126NO8P. The number of allylic oxidation sites excluding steroid dienone is 16. The van der Waals surface area contributed by atoms with E-state index in [4.69, 9.17) is 18.5 Å². The van der Waals surface area contributed by atoms with Gasteiger partial charge in [-0.3, -0.25) is 14.2 Å². The van der Waals surface area contributed by atoms with E-state index in [-0.39, 0.29) is 32.0 Å². The molecule has 10 heteroatoms. The zero-order valence-electron chi connectivity index (χ0n) is 53.2. The summed E-state index contributed by atoms with van der Waals surface area (Å²) in [5.74, 6) is -0.836. The maximum atomic E-state index is 12.8. The van der Waals surface area contributed by atoms with Gasteiger partial charge in [0.05, 0.1) is 27.7 Å². The fraction of sp³-hybridized carbons (Fsp3) is 0.746. The topological polar surface area (TPSA) is 111 Å². The minimum absolute atomic E-state index is 0.0353. The summed E-state index contributed by atoms with van der Waals surface area (Å²) in [6.07, 6.45) is 84.7. The van der Waals surface area contributed by atoms with Crippen LogP contribution in [0.1, 0.15) is 290 Å². The van der Waals surface area contributed by atoms with Crippen LogP contribution in [0.15, 0.2) is 97.2 Å². The number of nitrogens with zero attached hydrogens (tertiary/aromatic N) is 1. The number of quaternary nitrogens is 1. The molecule has 0 fully saturated rings. The Bertz CT molecular complexity index is 1690. The minimum atomic E-state index is -4.65. The Labute approximate surface area is 500 Å². The van der Waals surface area contributed by atoms with Crippen LogP contribution < -0.4 is 4.89 Å². The van der Waals surface area contributed by atoms with Crippen LogP contribution in [0, 0.1) is 0 Å². The molecule has 0 aliphatic carbocycles. The third-order valence-electron chi connectivity index (χ3n) is 14.4. The van der Waals surface area contributed by atoms with Crippen LogP contribution in [0.5, 0.6) is 0 Å². The van der Waals surface area contributed by atoms with E-state index < -0.39 is 26.5 Å². The number of phosphoric acid groups is 1. The average Bonchev–Trinajstić information content (AvgIpc) is 3.43. The van der Waals surface area contributed by atoms with Gasteiger partial charge in [0.15, 0.2) is 6.10 Å². The highest BCUT2D eigenvalue weighted by molar-refractivity contribution is 7.45. The lowest BCUT2D eigenvalue weighted by Crippen LogP contribution is -2.37. The number of rotatable bonds is 61. The lowest BCUT2D eigenvalue weighted by molar-refractivity contribution is -0.870. The van der Waals surface area contributed by atoms with E-state index in [1.165, 1.54) is 161 Å². The van der Waals surface area contributed by atoms with Crippen molar-refractivity contribution in [3.63, 3.8) is 0 Å². The van der Waals surface area contributed by atoms with Crippen LogP contribution >= 0.6 is 7.82 Å². The minimum Gasteiger partial charge on any atom is -0.756 e. The molecular weight excluding hydrogens is 1030 g/mol. The highest BCUT2D eigenvalue weighted by Crippen LogP contribution is 2.38. The number of esters is 2. The molecule has 81 heavy (non-hydrogen) atoms. The Kier molecular flexibility index (Phi) is 59.2. The van der Waals surface area contributed by atoms with Crippen molar-refractivity contribution in [2.45, 2.75) is 296 Å². The number of likely N-dealkylation sites (N-methyl/N-ethyl adjacent to an activating group) is 1. The van der Waals surface area contributed by atoms with Crippen molar-refractivity contribution >= 4 is 19.8 Å². The molecule has 0 amide bonds. The molecule has 2 unspecified atom stereocenters. The van der Waals surface area contributed by atoms with E-state index in [0.29, 0.717) is 17.4 Å². The van der Waals surface area contributed by atoms with Crippen LogP contribution in [0.3, 0.4) is 0 Å². The fourth-order valence-corrected chi connectivity index (χ4v) is 9.99. The van der Waals surface area contributed by atoms with Crippen LogP contribution in [0.25, 0.3) is 0 Å². The second-order valence-corrected chi connectivity index (χ2v) is 24.9. The lowest BCUT2D eigenvalue weighted by atomic mass is 10.0. The Hall–Kier alpha value is -3.07. The van der Waals surface area contributed by atoms with Crippen molar-refractivity contribution in [1.82, 2.24) is 0 Å². The van der Waals surface area contributed by atoms with Gasteiger partial charge in [-0.25, -0.2) is 0 Å². The molecule has 0 spiro atoms. The van der Waals surface area contributed by atoms with Gasteiger partial charge in [0.1, 0.15) is 19.8 Å². The van der Waals surface area contributed by atoms with Gasteiger partial charge >= 0.3 is 11.9 Å². The molecule has 0 aliphatic heterocycles. The van der Waals surface area contributed by atoms with Gasteiger partial charge < -0.3 is 27.9 Å². The molecule has 0 saturated heterocycles. The molecule has 468 valence electrons.